The van der Waals surface area contributed by atoms with Crippen LogP contribution in [0.5, 0.6) is 0 Å². The van der Waals surface area contributed by atoms with Crippen LogP contribution in [0.1, 0.15) is 35.5 Å². The van der Waals surface area contributed by atoms with Gasteiger partial charge in [-0.2, -0.15) is 0 Å². The van der Waals surface area contributed by atoms with Crippen molar-refractivity contribution in [2.24, 2.45) is 0 Å². The minimum atomic E-state index is -1.28. The normalized spacial score (nSPS) is 17.9. The first-order chi connectivity index (χ1) is 7.25. The van der Waals surface area contributed by atoms with Gasteiger partial charge in [0.15, 0.2) is 5.76 Å². The number of carboxylic acids is 1. The molecular weight excluding hydrogens is 196 g/mol. The molecule has 0 atom stereocenters. The van der Waals surface area contributed by atoms with Crippen LogP contribution in [0.15, 0.2) is 10.6 Å². The molecule has 1 saturated heterocycles. The van der Waals surface area contributed by atoms with Gasteiger partial charge in [-0.15, -0.1) is 0 Å². The molecule has 82 valence electrons. The number of piperidine rings is 1. The molecule has 1 aromatic heterocycles. The smallest absolute Gasteiger partial charge is 0.191 e. The Balaban J connectivity index is 1.94. The third-order valence-electron chi connectivity index (χ3n) is 2.75. The summed E-state index contributed by atoms with van der Waals surface area (Å²) in [6.07, 6.45) is 3.76. The lowest BCUT2D eigenvalue weighted by Gasteiger charge is -2.21. The lowest BCUT2D eigenvalue weighted by molar-refractivity contribution is -0.919. The van der Waals surface area contributed by atoms with Crippen molar-refractivity contribution in [3.63, 3.8) is 0 Å². The van der Waals surface area contributed by atoms with E-state index in [0.29, 0.717) is 5.76 Å². The minimum Gasteiger partial charge on any atom is -0.543 e. The Morgan fingerprint density at radius 1 is 1.47 bits per heavy atom. The molecule has 2 heterocycles. The van der Waals surface area contributed by atoms with Crippen LogP contribution in [-0.2, 0) is 6.54 Å². The third-order valence-corrected chi connectivity index (χ3v) is 2.75. The van der Waals surface area contributed by atoms with E-state index >= 15 is 0 Å². The highest BCUT2D eigenvalue weighted by atomic mass is 16.5. The van der Waals surface area contributed by atoms with Crippen molar-refractivity contribution in [2.45, 2.75) is 25.8 Å². The lowest BCUT2D eigenvalue weighted by Crippen LogP contribution is -3.11. The van der Waals surface area contributed by atoms with Gasteiger partial charge in [-0.05, 0) is 19.3 Å². The summed E-state index contributed by atoms with van der Waals surface area (Å²) in [5.41, 5.74) is -0.110. The van der Waals surface area contributed by atoms with Crippen molar-refractivity contribution in [1.82, 2.24) is 5.16 Å². The Morgan fingerprint density at radius 3 is 2.80 bits per heavy atom. The summed E-state index contributed by atoms with van der Waals surface area (Å²) in [7, 11) is 0. The summed E-state index contributed by atoms with van der Waals surface area (Å²) in [5, 5.41) is 13.9. The van der Waals surface area contributed by atoms with E-state index in [4.69, 9.17) is 4.52 Å². The van der Waals surface area contributed by atoms with Crippen LogP contribution in [0, 0.1) is 0 Å². The van der Waals surface area contributed by atoms with Crippen LogP contribution in [0.4, 0.5) is 0 Å². The first kappa shape index (κ1) is 10.2. The third kappa shape index (κ3) is 2.56. The molecule has 1 fully saturated rings. The first-order valence-corrected chi connectivity index (χ1v) is 5.26. The highest BCUT2D eigenvalue weighted by Gasteiger charge is 2.16. The number of hydrogen-bond acceptors (Lipinski definition) is 4. The quantitative estimate of drug-likeness (QED) is 0.666. The predicted molar refractivity (Wildman–Crippen MR) is 49.1 cm³/mol. The fourth-order valence-electron chi connectivity index (χ4n) is 1.97. The summed E-state index contributed by atoms with van der Waals surface area (Å²) in [6.45, 7) is 2.98. The number of quaternary nitrogens is 1. The van der Waals surface area contributed by atoms with Crippen LogP contribution in [-0.4, -0.2) is 24.2 Å². The van der Waals surface area contributed by atoms with E-state index in [2.05, 4.69) is 5.16 Å². The van der Waals surface area contributed by atoms with E-state index in [-0.39, 0.29) is 5.69 Å². The van der Waals surface area contributed by atoms with Crippen LogP contribution < -0.4 is 10.0 Å². The molecule has 0 saturated carbocycles. The Labute approximate surface area is 87.7 Å². The topological polar surface area (TPSA) is 70.6 Å². The molecule has 5 nitrogen and oxygen atoms in total. The molecule has 1 aliphatic heterocycles. The van der Waals surface area contributed by atoms with Crippen LogP contribution >= 0.6 is 0 Å². The van der Waals surface area contributed by atoms with Gasteiger partial charge in [0.2, 0.25) is 0 Å². The van der Waals surface area contributed by atoms with Crippen LogP contribution in [0.3, 0.4) is 0 Å². The summed E-state index contributed by atoms with van der Waals surface area (Å²) < 4.78 is 4.94. The van der Waals surface area contributed by atoms with Gasteiger partial charge in [0.1, 0.15) is 12.2 Å². The fourth-order valence-corrected chi connectivity index (χ4v) is 1.97. The average molecular weight is 210 g/mol. The zero-order chi connectivity index (χ0) is 10.7. The van der Waals surface area contributed by atoms with E-state index in [1.165, 1.54) is 30.2 Å². The van der Waals surface area contributed by atoms with Gasteiger partial charge < -0.3 is 19.3 Å². The van der Waals surface area contributed by atoms with Gasteiger partial charge in [-0.1, -0.05) is 5.16 Å². The SMILES string of the molecule is O=C([O-])c1cc(C[NH+]2CCCCC2)on1. The van der Waals surface area contributed by atoms with Crippen molar-refractivity contribution < 1.29 is 19.3 Å². The van der Waals surface area contributed by atoms with Gasteiger partial charge in [0.05, 0.1) is 19.1 Å². The van der Waals surface area contributed by atoms with Crippen LogP contribution in [0.2, 0.25) is 0 Å². The van der Waals surface area contributed by atoms with Gasteiger partial charge in [0.25, 0.3) is 0 Å². The van der Waals surface area contributed by atoms with Gasteiger partial charge in [0, 0.05) is 6.07 Å². The number of nitrogens with zero attached hydrogens (tertiary/aromatic N) is 1. The number of hydrogen-bond donors (Lipinski definition) is 1. The number of aromatic carboxylic acids is 1. The second-order valence-electron chi connectivity index (χ2n) is 3.95. The van der Waals surface area contributed by atoms with E-state index in [1.807, 2.05) is 0 Å². The van der Waals surface area contributed by atoms with Crippen molar-refractivity contribution in [2.75, 3.05) is 13.1 Å². The summed E-state index contributed by atoms with van der Waals surface area (Å²) in [5.74, 6) is -0.648. The Bertz CT molecular complexity index is 342. The van der Waals surface area contributed by atoms with Gasteiger partial charge in [-0.25, -0.2) is 0 Å². The van der Waals surface area contributed by atoms with Crippen molar-refractivity contribution in [3.8, 4) is 0 Å². The van der Waals surface area contributed by atoms with E-state index in [0.717, 1.165) is 19.6 Å². The highest BCUT2D eigenvalue weighted by Crippen LogP contribution is 2.02. The largest absolute Gasteiger partial charge is 0.543 e. The molecule has 1 aromatic rings. The summed E-state index contributed by atoms with van der Waals surface area (Å²) in [4.78, 5) is 11.9. The Morgan fingerprint density at radius 2 is 2.20 bits per heavy atom. The van der Waals surface area contributed by atoms with E-state index in [1.54, 1.807) is 0 Å². The van der Waals surface area contributed by atoms with Crippen molar-refractivity contribution in [1.29, 1.82) is 0 Å². The number of nitrogens with one attached hydrogen (secondary N) is 1. The summed E-state index contributed by atoms with van der Waals surface area (Å²) >= 11 is 0. The molecule has 0 aliphatic carbocycles. The number of carbonyl (C=O) groups is 1. The number of rotatable bonds is 3. The highest BCUT2D eigenvalue weighted by molar-refractivity contribution is 5.83. The maximum Gasteiger partial charge on any atom is 0.191 e. The number of carbonyl (C=O) groups excluding carboxylic acids is 1. The number of carboxylic acid groups (broad SMARTS) is 1. The minimum absolute atomic E-state index is 0.110. The Kier molecular flexibility index (Phi) is 3.01. The standard InChI is InChI=1S/C10H14N2O3/c13-10(14)9-6-8(15-11-9)7-12-4-2-1-3-5-12/h6H,1-5,7H2,(H,13,14). The second kappa shape index (κ2) is 4.44. The van der Waals surface area contributed by atoms with Crippen molar-refractivity contribution >= 4 is 5.97 Å². The van der Waals surface area contributed by atoms with E-state index in [9.17, 15) is 9.90 Å². The molecule has 0 radical (unpaired) electrons. The fraction of sp³-hybridized carbons (Fsp3) is 0.600. The average Bonchev–Trinajstić information content (AvgIpc) is 2.68. The molecule has 0 aromatic carbocycles. The van der Waals surface area contributed by atoms with Crippen molar-refractivity contribution in [3.05, 3.63) is 17.5 Å². The number of likely N-dealkylation sites (tertiary alicyclic amines) is 1. The van der Waals surface area contributed by atoms with Gasteiger partial charge >= 0.3 is 0 Å². The zero-order valence-corrected chi connectivity index (χ0v) is 8.49. The maximum atomic E-state index is 10.5. The molecule has 2 rings (SSSR count). The monoisotopic (exact) mass is 210 g/mol. The number of aromatic nitrogens is 1. The first-order valence-electron chi connectivity index (χ1n) is 5.26. The molecule has 15 heavy (non-hydrogen) atoms. The molecule has 0 amide bonds. The molecule has 0 spiro atoms. The molecule has 0 bridgehead atoms. The molecule has 1 N–H and O–H groups in total. The lowest BCUT2D eigenvalue weighted by atomic mass is 10.1. The second-order valence-corrected chi connectivity index (χ2v) is 3.95. The van der Waals surface area contributed by atoms with Crippen LogP contribution in [0.25, 0.3) is 0 Å². The van der Waals surface area contributed by atoms with Gasteiger partial charge in [-0.3, -0.25) is 0 Å². The zero-order valence-electron chi connectivity index (χ0n) is 8.49. The molecule has 1 aliphatic rings. The molecule has 0 unspecified atom stereocenters. The maximum absolute atomic E-state index is 10.5. The summed E-state index contributed by atoms with van der Waals surface area (Å²) in [6, 6.07) is 1.46. The molecular formula is C10H14N2O3. The predicted octanol–water partition coefficient (Wildman–Crippen LogP) is -1.39. The Hall–Kier alpha value is -1.36. The molecule has 5 heteroatoms. The van der Waals surface area contributed by atoms with E-state index < -0.39 is 5.97 Å².